The molecule has 1 unspecified atom stereocenters. The van der Waals surface area contributed by atoms with Gasteiger partial charge in [0.25, 0.3) is 0 Å². The monoisotopic (exact) mass is 445 g/mol. The minimum atomic E-state index is -4.32. The van der Waals surface area contributed by atoms with Crippen molar-refractivity contribution in [3.05, 3.63) is 65.2 Å². The fraction of sp³-hybridized carbons (Fsp3) is 0.458. The Labute approximate surface area is 187 Å². The molecule has 1 saturated carbocycles. The number of nitrogens with zero attached hydrogens (tertiary/aromatic N) is 2. The van der Waals surface area contributed by atoms with Crippen molar-refractivity contribution in [2.45, 2.75) is 56.8 Å². The molecule has 0 aromatic heterocycles. The predicted octanol–water partition coefficient (Wildman–Crippen LogP) is 4.41. The van der Waals surface area contributed by atoms with E-state index in [-0.39, 0.29) is 18.9 Å². The lowest BCUT2D eigenvalue weighted by atomic mass is 9.91. The summed E-state index contributed by atoms with van der Waals surface area (Å²) in [6, 6.07) is 14.5. The van der Waals surface area contributed by atoms with Crippen LogP contribution in [0.3, 0.4) is 0 Å². The number of aliphatic imine (C=N–C) groups is 1. The van der Waals surface area contributed by atoms with Crippen molar-refractivity contribution in [3.8, 4) is 0 Å². The number of benzene rings is 2. The smallest absolute Gasteiger partial charge is 0.362 e. The summed E-state index contributed by atoms with van der Waals surface area (Å²) in [7, 11) is 3.98. The fourth-order valence-electron chi connectivity index (χ4n) is 4.50. The SMILES string of the molecule is CN(C)C1=NC(NC2CCC(NCc3ccccc3C(F)(F)F)CC2)Nc2ccccc21. The Morgan fingerprint density at radius 1 is 0.969 bits per heavy atom. The number of hydrogen-bond donors (Lipinski definition) is 3. The van der Waals surface area contributed by atoms with E-state index in [9.17, 15) is 13.2 Å². The Morgan fingerprint density at radius 3 is 2.34 bits per heavy atom. The normalized spacial score (nSPS) is 23.2. The number of halogens is 3. The van der Waals surface area contributed by atoms with Gasteiger partial charge in [0.05, 0.1) is 5.56 Å². The maximum atomic E-state index is 13.2. The Morgan fingerprint density at radius 2 is 1.62 bits per heavy atom. The van der Waals surface area contributed by atoms with Crippen LogP contribution in [0.15, 0.2) is 53.5 Å². The highest BCUT2D eigenvalue weighted by Gasteiger charge is 2.33. The molecular formula is C24H30F3N5. The third kappa shape index (κ3) is 5.24. The quantitative estimate of drug-likeness (QED) is 0.638. The van der Waals surface area contributed by atoms with E-state index in [1.165, 1.54) is 6.07 Å². The summed E-state index contributed by atoms with van der Waals surface area (Å²) < 4.78 is 39.6. The van der Waals surface area contributed by atoms with Gasteiger partial charge in [0, 0.05) is 44.0 Å². The van der Waals surface area contributed by atoms with Gasteiger partial charge < -0.3 is 15.5 Å². The molecule has 2 aromatic rings. The van der Waals surface area contributed by atoms with E-state index in [0.717, 1.165) is 48.8 Å². The average Bonchev–Trinajstić information content (AvgIpc) is 2.77. The molecule has 2 aromatic carbocycles. The number of anilines is 1. The molecule has 32 heavy (non-hydrogen) atoms. The van der Waals surface area contributed by atoms with Crippen LogP contribution in [-0.2, 0) is 12.7 Å². The van der Waals surface area contributed by atoms with Crippen molar-refractivity contribution in [2.75, 3.05) is 19.4 Å². The third-order valence-corrected chi connectivity index (χ3v) is 6.16. The van der Waals surface area contributed by atoms with Crippen molar-refractivity contribution in [1.82, 2.24) is 15.5 Å². The highest BCUT2D eigenvalue weighted by atomic mass is 19.4. The number of rotatable bonds is 5. The van der Waals surface area contributed by atoms with Gasteiger partial charge in [-0.05, 0) is 49.4 Å². The summed E-state index contributed by atoms with van der Waals surface area (Å²) in [5.41, 5.74) is 1.89. The van der Waals surface area contributed by atoms with E-state index >= 15 is 0 Å². The van der Waals surface area contributed by atoms with E-state index in [0.29, 0.717) is 11.6 Å². The van der Waals surface area contributed by atoms with Gasteiger partial charge in [-0.2, -0.15) is 13.2 Å². The maximum absolute atomic E-state index is 13.2. The van der Waals surface area contributed by atoms with Crippen LogP contribution in [0.2, 0.25) is 0 Å². The molecule has 3 N–H and O–H groups in total. The van der Waals surface area contributed by atoms with Crippen LogP contribution in [-0.4, -0.2) is 43.2 Å². The number of para-hydroxylation sites is 1. The molecule has 0 saturated heterocycles. The van der Waals surface area contributed by atoms with Crippen molar-refractivity contribution in [2.24, 2.45) is 4.99 Å². The molecule has 1 heterocycles. The molecule has 0 amide bonds. The van der Waals surface area contributed by atoms with E-state index in [1.807, 2.05) is 31.1 Å². The van der Waals surface area contributed by atoms with Gasteiger partial charge in [0.1, 0.15) is 5.84 Å². The van der Waals surface area contributed by atoms with Crippen LogP contribution in [0.5, 0.6) is 0 Å². The number of hydrogen-bond acceptors (Lipinski definition) is 5. The maximum Gasteiger partial charge on any atom is 0.416 e. The van der Waals surface area contributed by atoms with Crippen molar-refractivity contribution < 1.29 is 13.2 Å². The average molecular weight is 446 g/mol. The molecule has 1 fully saturated rings. The summed E-state index contributed by atoms with van der Waals surface area (Å²) in [5, 5.41) is 10.4. The molecule has 5 nitrogen and oxygen atoms in total. The summed E-state index contributed by atoms with van der Waals surface area (Å²) in [5.74, 6) is 0.940. The number of alkyl halides is 3. The first-order valence-electron chi connectivity index (χ1n) is 11.1. The van der Waals surface area contributed by atoms with Gasteiger partial charge >= 0.3 is 6.18 Å². The zero-order valence-corrected chi connectivity index (χ0v) is 18.4. The molecule has 1 aliphatic carbocycles. The third-order valence-electron chi connectivity index (χ3n) is 6.16. The summed E-state index contributed by atoms with van der Waals surface area (Å²) in [4.78, 5) is 6.86. The van der Waals surface area contributed by atoms with Gasteiger partial charge in [-0.25, -0.2) is 4.99 Å². The minimum absolute atomic E-state index is 0.199. The molecule has 0 radical (unpaired) electrons. The Bertz CT molecular complexity index is 949. The van der Waals surface area contributed by atoms with Gasteiger partial charge in [0.2, 0.25) is 0 Å². The predicted molar refractivity (Wildman–Crippen MR) is 122 cm³/mol. The summed E-state index contributed by atoms with van der Waals surface area (Å²) >= 11 is 0. The first kappa shape index (κ1) is 22.6. The van der Waals surface area contributed by atoms with E-state index < -0.39 is 11.7 Å². The Balaban J connectivity index is 1.30. The standard InChI is InChI=1S/C24H30F3N5/c1-32(2)22-19-8-4-6-10-21(19)30-23(31-22)29-18-13-11-17(12-14-18)28-15-16-7-3-5-9-20(16)24(25,26)27/h3-10,17-18,23,28-30H,11-15H2,1-2H3. The van der Waals surface area contributed by atoms with Gasteiger partial charge in [-0.3, -0.25) is 5.32 Å². The topological polar surface area (TPSA) is 51.7 Å². The molecule has 1 atom stereocenters. The van der Waals surface area contributed by atoms with Gasteiger partial charge in [0.15, 0.2) is 6.29 Å². The zero-order chi connectivity index (χ0) is 22.7. The molecule has 1 aliphatic heterocycles. The summed E-state index contributed by atoms with van der Waals surface area (Å²) in [6.45, 7) is 0.232. The lowest BCUT2D eigenvalue weighted by molar-refractivity contribution is -0.138. The number of nitrogens with one attached hydrogen (secondary N) is 3. The van der Waals surface area contributed by atoms with Crippen LogP contribution in [0.25, 0.3) is 0 Å². The first-order chi connectivity index (χ1) is 15.3. The van der Waals surface area contributed by atoms with Gasteiger partial charge in [-0.15, -0.1) is 0 Å². The largest absolute Gasteiger partial charge is 0.416 e. The fourth-order valence-corrected chi connectivity index (χ4v) is 4.50. The second-order valence-corrected chi connectivity index (χ2v) is 8.69. The van der Waals surface area contributed by atoms with Crippen LogP contribution >= 0.6 is 0 Å². The molecule has 8 heteroatoms. The minimum Gasteiger partial charge on any atom is -0.362 e. The van der Waals surface area contributed by atoms with Crippen molar-refractivity contribution >= 4 is 11.5 Å². The van der Waals surface area contributed by atoms with Crippen LogP contribution in [0.4, 0.5) is 18.9 Å². The molecule has 2 aliphatic rings. The van der Waals surface area contributed by atoms with Crippen molar-refractivity contribution in [3.63, 3.8) is 0 Å². The second kappa shape index (κ2) is 9.50. The number of amidine groups is 1. The van der Waals surface area contributed by atoms with E-state index in [4.69, 9.17) is 4.99 Å². The highest BCUT2D eigenvalue weighted by molar-refractivity contribution is 6.04. The molecule has 172 valence electrons. The van der Waals surface area contributed by atoms with Crippen molar-refractivity contribution in [1.29, 1.82) is 0 Å². The van der Waals surface area contributed by atoms with Crippen LogP contribution in [0.1, 0.15) is 42.4 Å². The Hall–Kier alpha value is -2.58. The number of fused-ring (bicyclic) bond motifs is 1. The lowest BCUT2D eigenvalue weighted by Gasteiger charge is -2.35. The molecule has 0 spiro atoms. The highest BCUT2D eigenvalue weighted by Crippen LogP contribution is 2.32. The molecular weight excluding hydrogens is 415 g/mol. The Kier molecular flexibility index (Phi) is 6.71. The van der Waals surface area contributed by atoms with Gasteiger partial charge in [-0.1, -0.05) is 30.3 Å². The zero-order valence-electron chi connectivity index (χ0n) is 18.4. The lowest BCUT2D eigenvalue weighted by Crippen LogP contribution is -2.48. The molecule has 0 bridgehead atoms. The summed E-state index contributed by atoms with van der Waals surface area (Å²) in [6.07, 6.45) is -0.789. The van der Waals surface area contributed by atoms with Crippen LogP contribution < -0.4 is 16.0 Å². The second-order valence-electron chi connectivity index (χ2n) is 8.69. The first-order valence-corrected chi connectivity index (χ1v) is 11.1. The molecule has 4 rings (SSSR count). The van der Waals surface area contributed by atoms with E-state index in [1.54, 1.807) is 12.1 Å². The van der Waals surface area contributed by atoms with Crippen LogP contribution in [0, 0.1) is 0 Å². The van der Waals surface area contributed by atoms with E-state index in [2.05, 4.69) is 28.1 Å².